The van der Waals surface area contributed by atoms with Gasteiger partial charge in [0, 0.05) is 6.04 Å². The van der Waals surface area contributed by atoms with Gasteiger partial charge in [-0.05, 0) is 55.6 Å². The van der Waals surface area contributed by atoms with Crippen molar-refractivity contribution in [2.75, 3.05) is 24.7 Å². The summed E-state index contributed by atoms with van der Waals surface area (Å²) >= 11 is 2.10. The van der Waals surface area contributed by atoms with Gasteiger partial charge in [-0.2, -0.15) is 11.8 Å². The molecule has 0 aromatic rings. The molecule has 2 N–H and O–H groups in total. The van der Waals surface area contributed by atoms with E-state index in [1.165, 1.54) is 37.2 Å². The molecule has 0 saturated carbocycles. The second-order valence-electron chi connectivity index (χ2n) is 4.57. The highest BCUT2D eigenvalue weighted by atomic mass is 32.2. The molecule has 2 aliphatic heterocycles. The molecule has 0 spiro atoms. The second kappa shape index (κ2) is 5.38. The van der Waals surface area contributed by atoms with Gasteiger partial charge in [-0.15, -0.1) is 0 Å². The first-order valence-electron chi connectivity index (χ1n) is 5.82. The monoisotopic (exact) mass is 215 g/mol. The Morgan fingerprint density at radius 2 is 1.93 bits per heavy atom. The summed E-state index contributed by atoms with van der Waals surface area (Å²) in [4.78, 5) is 0. The smallest absolute Gasteiger partial charge is 0.0584 e. The number of rotatable bonds is 2. The molecule has 82 valence electrons. The minimum absolute atomic E-state index is 0.317. The van der Waals surface area contributed by atoms with Crippen LogP contribution in [0.5, 0.6) is 0 Å². The summed E-state index contributed by atoms with van der Waals surface area (Å²) in [7, 11) is 0. The van der Waals surface area contributed by atoms with Gasteiger partial charge in [-0.1, -0.05) is 0 Å². The average molecular weight is 215 g/mol. The van der Waals surface area contributed by atoms with Gasteiger partial charge < -0.3 is 10.4 Å². The standard InChI is InChI=1S/C11H21NOS/c13-8-11-7-10(1-4-12-11)9-2-5-14-6-3-9/h9-13H,1-8H2. The maximum Gasteiger partial charge on any atom is 0.0584 e. The summed E-state index contributed by atoms with van der Waals surface area (Å²) in [6.07, 6.45) is 5.35. The highest BCUT2D eigenvalue weighted by Gasteiger charge is 2.28. The molecule has 2 fully saturated rings. The van der Waals surface area contributed by atoms with Crippen molar-refractivity contribution in [1.82, 2.24) is 5.32 Å². The molecule has 3 heteroatoms. The van der Waals surface area contributed by atoms with Crippen LogP contribution in [0.2, 0.25) is 0 Å². The second-order valence-corrected chi connectivity index (χ2v) is 5.79. The van der Waals surface area contributed by atoms with Crippen LogP contribution in [-0.2, 0) is 0 Å². The van der Waals surface area contributed by atoms with Crippen molar-refractivity contribution in [3.05, 3.63) is 0 Å². The third-order valence-corrected chi connectivity index (χ3v) is 4.74. The fourth-order valence-corrected chi connectivity index (χ4v) is 3.94. The lowest BCUT2D eigenvalue weighted by atomic mass is 9.79. The van der Waals surface area contributed by atoms with Crippen LogP contribution in [0, 0.1) is 11.8 Å². The van der Waals surface area contributed by atoms with E-state index in [0.717, 1.165) is 18.4 Å². The first kappa shape index (κ1) is 10.8. The van der Waals surface area contributed by atoms with Crippen LogP contribution >= 0.6 is 11.8 Å². The molecule has 0 bridgehead atoms. The highest BCUT2D eigenvalue weighted by Crippen LogP contribution is 2.34. The Bertz CT molecular complexity index is 171. The zero-order valence-corrected chi connectivity index (χ0v) is 9.56. The number of thioether (sulfide) groups is 1. The SMILES string of the molecule is OCC1CC(C2CCSCC2)CCN1. The lowest BCUT2D eigenvalue weighted by Crippen LogP contribution is -2.42. The topological polar surface area (TPSA) is 32.3 Å². The van der Waals surface area contributed by atoms with Crippen molar-refractivity contribution in [3.63, 3.8) is 0 Å². The third kappa shape index (κ3) is 2.65. The van der Waals surface area contributed by atoms with Crippen molar-refractivity contribution < 1.29 is 5.11 Å². The molecule has 0 aliphatic carbocycles. The van der Waals surface area contributed by atoms with Crippen molar-refractivity contribution in [2.24, 2.45) is 11.8 Å². The molecule has 0 aromatic heterocycles. The van der Waals surface area contributed by atoms with Gasteiger partial charge in [-0.3, -0.25) is 0 Å². The maximum atomic E-state index is 9.14. The van der Waals surface area contributed by atoms with E-state index in [9.17, 15) is 0 Å². The van der Waals surface area contributed by atoms with Crippen molar-refractivity contribution in [1.29, 1.82) is 0 Å². The Balaban J connectivity index is 1.83. The van der Waals surface area contributed by atoms with Crippen LogP contribution in [0.4, 0.5) is 0 Å². The fraction of sp³-hybridized carbons (Fsp3) is 1.00. The van der Waals surface area contributed by atoms with Crippen molar-refractivity contribution in [2.45, 2.75) is 31.7 Å². The van der Waals surface area contributed by atoms with Gasteiger partial charge >= 0.3 is 0 Å². The van der Waals surface area contributed by atoms with E-state index in [1.54, 1.807) is 0 Å². The summed E-state index contributed by atoms with van der Waals surface area (Å²) in [6, 6.07) is 0.378. The van der Waals surface area contributed by atoms with E-state index in [1.807, 2.05) is 0 Å². The van der Waals surface area contributed by atoms with E-state index in [0.29, 0.717) is 12.6 Å². The lowest BCUT2D eigenvalue weighted by Gasteiger charge is -2.36. The van der Waals surface area contributed by atoms with Crippen molar-refractivity contribution >= 4 is 11.8 Å². The number of piperidine rings is 1. The molecule has 2 nitrogen and oxygen atoms in total. The number of aliphatic hydroxyl groups is 1. The summed E-state index contributed by atoms with van der Waals surface area (Å²) in [5, 5.41) is 12.5. The lowest BCUT2D eigenvalue weighted by molar-refractivity contribution is 0.156. The summed E-state index contributed by atoms with van der Waals surface area (Å²) in [6.45, 7) is 1.43. The zero-order valence-electron chi connectivity index (χ0n) is 8.74. The zero-order chi connectivity index (χ0) is 9.80. The average Bonchev–Trinajstić information content (AvgIpc) is 2.30. The van der Waals surface area contributed by atoms with Crippen LogP contribution in [0.1, 0.15) is 25.7 Å². The molecular weight excluding hydrogens is 194 g/mol. The third-order valence-electron chi connectivity index (χ3n) is 3.69. The van der Waals surface area contributed by atoms with Crippen LogP contribution in [-0.4, -0.2) is 35.8 Å². The van der Waals surface area contributed by atoms with Gasteiger partial charge in [0.1, 0.15) is 0 Å². The first-order valence-corrected chi connectivity index (χ1v) is 6.97. The van der Waals surface area contributed by atoms with E-state index < -0.39 is 0 Å². The number of hydrogen-bond donors (Lipinski definition) is 2. The highest BCUT2D eigenvalue weighted by molar-refractivity contribution is 7.99. The van der Waals surface area contributed by atoms with Gasteiger partial charge in [0.05, 0.1) is 6.61 Å². The molecule has 2 unspecified atom stereocenters. The van der Waals surface area contributed by atoms with Gasteiger partial charge in [-0.25, -0.2) is 0 Å². The van der Waals surface area contributed by atoms with E-state index in [4.69, 9.17) is 5.11 Å². The Morgan fingerprint density at radius 1 is 1.14 bits per heavy atom. The molecule has 2 aliphatic rings. The molecule has 2 heterocycles. The minimum Gasteiger partial charge on any atom is -0.395 e. The Labute approximate surface area is 90.8 Å². The van der Waals surface area contributed by atoms with Crippen molar-refractivity contribution in [3.8, 4) is 0 Å². The Morgan fingerprint density at radius 3 is 2.64 bits per heavy atom. The molecule has 0 aromatic carbocycles. The first-order chi connectivity index (χ1) is 6.90. The van der Waals surface area contributed by atoms with Crippen LogP contribution < -0.4 is 5.32 Å². The molecule has 2 rings (SSSR count). The molecule has 14 heavy (non-hydrogen) atoms. The predicted octanol–water partition coefficient (Wildman–Crippen LogP) is 1.49. The Hall–Kier alpha value is 0.270. The number of hydrogen-bond acceptors (Lipinski definition) is 3. The van der Waals surface area contributed by atoms with Gasteiger partial charge in [0.15, 0.2) is 0 Å². The van der Waals surface area contributed by atoms with E-state index in [2.05, 4.69) is 17.1 Å². The molecule has 0 radical (unpaired) electrons. The number of aliphatic hydroxyl groups excluding tert-OH is 1. The summed E-state index contributed by atoms with van der Waals surface area (Å²) in [5.74, 6) is 4.55. The largest absolute Gasteiger partial charge is 0.395 e. The van der Waals surface area contributed by atoms with Crippen LogP contribution in [0.3, 0.4) is 0 Å². The molecule has 2 saturated heterocycles. The van der Waals surface area contributed by atoms with E-state index >= 15 is 0 Å². The summed E-state index contributed by atoms with van der Waals surface area (Å²) < 4.78 is 0. The van der Waals surface area contributed by atoms with Crippen LogP contribution in [0.15, 0.2) is 0 Å². The molecule has 2 atom stereocenters. The Kier molecular flexibility index (Phi) is 4.14. The van der Waals surface area contributed by atoms with Gasteiger partial charge in [0.2, 0.25) is 0 Å². The quantitative estimate of drug-likeness (QED) is 0.732. The number of nitrogens with one attached hydrogen (secondary N) is 1. The summed E-state index contributed by atoms with van der Waals surface area (Å²) in [5.41, 5.74) is 0. The van der Waals surface area contributed by atoms with E-state index in [-0.39, 0.29) is 0 Å². The molecular formula is C11H21NOS. The predicted molar refractivity (Wildman–Crippen MR) is 61.6 cm³/mol. The van der Waals surface area contributed by atoms with Crippen LogP contribution in [0.25, 0.3) is 0 Å². The van der Waals surface area contributed by atoms with Gasteiger partial charge in [0.25, 0.3) is 0 Å². The normalized spacial score (nSPS) is 35.8. The minimum atomic E-state index is 0.317. The maximum absolute atomic E-state index is 9.14. The fourth-order valence-electron chi connectivity index (χ4n) is 2.79. The molecule has 0 amide bonds.